The maximum Gasteiger partial charge on any atom is 0.255 e. The average Bonchev–Trinajstić information content (AvgIpc) is 3.00. The van der Waals surface area contributed by atoms with Gasteiger partial charge in [0.15, 0.2) is 0 Å². The molecule has 2 aliphatic rings. The van der Waals surface area contributed by atoms with E-state index in [1.54, 1.807) is 18.5 Å². The van der Waals surface area contributed by atoms with Crippen molar-refractivity contribution < 1.29 is 9.59 Å². The fourth-order valence-electron chi connectivity index (χ4n) is 3.48. The van der Waals surface area contributed by atoms with E-state index in [0.717, 1.165) is 38.8 Å². The van der Waals surface area contributed by atoms with E-state index in [1.807, 2.05) is 4.90 Å². The molecule has 2 heterocycles. The largest absolute Gasteiger partial charge is 0.349 e. The van der Waals surface area contributed by atoms with Gasteiger partial charge in [-0.2, -0.15) is 0 Å². The summed E-state index contributed by atoms with van der Waals surface area (Å²) in [5, 5.41) is 3.11. The summed E-state index contributed by atoms with van der Waals surface area (Å²) in [5.41, 5.74) is 1.000. The van der Waals surface area contributed by atoms with Crippen molar-refractivity contribution in [2.24, 2.45) is 0 Å². The molecular weight excluding hydrogens is 290 g/mol. The molecule has 124 valence electrons. The number of amides is 2. The number of rotatable bonds is 3. The Hall–Kier alpha value is -1.91. The molecule has 0 bridgehead atoms. The molecule has 1 aromatic rings. The minimum absolute atomic E-state index is 0.0147. The van der Waals surface area contributed by atoms with E-state index in [2.05, 4.69) is 10.3 Å². The number of aromatic nitrogens is 1. The predicted molar refractivity (Wildman–Crippen MR) is 88.3 cm³/mol. The van der Waals surface area contributed by atoms with Crippen molar-refractivity contribution in [3.8, 4) is 0 Å². The lowest BCUT2D eigenvalue weighted by Crippen LogP contribution is -2.34. The fraction of sp³-hybridized carbons (Fsp3) is 0.611. The number of carbonyl (C=O) groups excluding carboxylic acids is 2. The molecule has 0 unspecified atom stereocenters. The third-order valence-corrected chi connectivity index (χ3v) is 4.83. The van der Waals surface area contributed by atoms with E-state index in [0.29, 0.717) is 11.1 Å². The number of hydrogen-bond donors (Lipinski definition) is 1. The van der Waals surface area contributed by atoms with Gasteiger partial charge in [-0.25, -0.2) is 0 Å². The molecule has 5 nitrogen and oxygen atoms in total. The SMILES string of the molecule is O=C(NC1CCCCCC1)c1cncc(C(=O)N2CCCC2)c1. The van der Waals surface area contributed by atoms with Crippen LogP contribution in [0.3, 0.4) is 0 Å². The molecule has 0 radical (unpaired) electrons. The Morgan fingerprint density at radius 1 is 0.957 bits per heavy atom. The Balaban J connectivity index is 1.66. The van der Waals surface area contributed by atoms with E-state index in [4.69, 9.17) is 0 Å². The van der Waals surface area contributed by atoms with Crippen molar-refractivity contribution in [1.29, 1.82) is 0 Å². The Bertz CT molecular complexity index is 559. The van der Waals surface area contributed by atoms with Crippen LogP contribution in [0.4, 0.5) is 0 Å². The van der Waals surface area contributed by atoms with Gasteiger partial charge in [-0.15, -0.1) is 0 Å². The van der Waals surface area contributed by atoms with Gasteiger partial charge < -0.3 is 10.2 Å². The first-order valence-corrected chi connectivity index (χ1v) is 8.79. The topological polar surface area (TPSA) is 62.3 Å². The standard InChI is InChI=1S/C18H25N3O2/c22-17(20-16-7-3-1-2-4-8-16)14-11-15(13-19-12-14)18(23)21-9-5-6-10-21/h11-13,16H,1-10H2,(H,20,22). The Labute approximate surface area is 137 Å². The molecule has 3 rings (SSSR count). The molecule has 1 aliphatic carbocycles. The van der Waals surface area contributed by atoms with E-state index < -0.39 is 0 Å². The number of pyridine rings is 1. The first kappa shape index (κ1) is 16.0. The highest BCUT2D eigenvalue weighted by atomic mass is 16.2. The van der Waals surface area contributed by atoms with Crippen LogP contribution >= 0.6 is 0 Å². The monoisotopic (exact) mass is 315 g/mol. The molecule has 23 heavy (non-hydrogen) atoms. The third kappa shape index (κ3) is 4.09. The molecule has 1 saturated carbocycles. The van der Waals surface area contributed by atoms with E-state index in [-0.39, 0.29) is 17.9 Å². The van der Waals surface area contributed by atoms with Crippen molar-refractivity contribution in [2.45, 2.75) is 57.4 Å². The molecule has 2 fully saturated rings. The summed E-state index contributed by atoms with van der Waals surface area (Å²) in [6, 6.07) is 1.93. The summed E-state index contributed by atoms with van der Waals surface area (Å²) in [7, 11) is 0. The highest BCUT2D eigenvalue weighted by Gasteiger charge is 2.21. The summed E-state index contributed by atoms with van der Waals surface area (Å²) >= 11 is 0. The zero-order chi connectivity index (χ0) is 16.1. The molecule has 1 N–H and O–H groups in total. The van der Waals surface area contributed by atoms with Crippen molar-refractivity contribution in [3.05, 3.63) is 29.6 Å². The lowest BCUT2D eigenvalue weighted by Gasteiger charge is -2.17. The van der Waals surface area contributed by atoms with Gasteiger partial charge in [0.1, 0.15) is 0 Å². The van der Waals surface area contributed by atoms with Gasteiger partial charge >= 0.3 is 0 Å². The lowest BCUT2D eigenvalue weighted by atomic mass is 10.1. The second kappa shape index (κ2) is 7.57. The summed E-state index contributed by atoms with van der Waals surface area (Å²) in [5.74, 6) is -0.125. The second-order valence-corrected chi connectivity index (χ2v) is 6.62. The van der Waals surface area contributed by atoms with Crippen LogP contribution in [-0.4, -0.2) is 40.8 Å². The Morgan fingerprint density at radius 3 is 2.30 bits per heavy atom. The number of carbonyl (C=O) groups is 2. The number of nitrogens with zero attached hydrogens (tertiary/aromatic N) is 2. The second-order valence-electron chi connectivity index (χ2n) is 6.62. The van der Waals surface area contributed by atoms with Crippen molar-refractivity contribution in [3.63, 3.8) is 0 Å². The normalized spacial score (nSPS) is 19.4. The van der Waals surface area contributed by atoms with Gasteiger partial charge in [0.25, 0.3) is 11.8 Å². The minimum atomic E-state index is -0.111. The zero-order valence-electron chi connectivity index (χ0n) is 13.6. The summed E-state index contributed by atoms with van der Waals surface area (Å²) in [6.45, 7) is 1.61. The van der Waals surface area contributed by atoms with Gasteiger partial charge in [-0.05, 0) is 31.7 Å². The molecule has 2 amide bonds. The number of hydrogen-bond acceptors (Lipinski definition) is 3. The van der Waals surface area contributed by atoms with E-state index >= 15 is 0 Å². The molecular formula is C18H25N3O2. The van der Waals surface area contributed by atoms with Crippen LogP contribution < -0.4 is 5.32 Å². The summed E-state index contributed by atoms with van der Waals surface area (Å²) < 4.78 is 0. The van der Waals surface area contributed by atoms with Gasteiger partial charge in [0.05, 0.1) is 11.1 Å². The summed E-state index contributed by atoms with van der Waals surface area (Å²) in [4.78, 5) is 30.8. The van der Waals surface area contributed by atoms with Crippen LogP contribution in [0.15, 0.2) is 18.5 Å². The minimum Gasteiger partial charge on any atom is -0.349 e. The van der Waals surface area contributed by atoms with Crippen molar-refractivity contribution in [2.75, 3.05) is 13.1 Å². The number of likely N-dealkylation sites (tertiary alicyclic amines) is 1. The smallest absolute Gasteiger partial charge is 0.255 e. The maximum absolute atomic E-state index is 12.4. The molecule has 5 heteroatoms. The Kier molecular flexibility index (Phi) is 5.26. The molecule has 1 aromatic heterocycles. The number of nitrogens with one attached hydrogen (secondary N) is 1. The van der Waals surface area contributed by atoms with Crippen molar-refractivity contribution in [1.82, 2.24) is 15.2 Å². The van der Waals surface area contributed by atoms with Gasteiger partial charge in [0.2, 0.25) is 0 Å². The molecule has 0 atom stereocenters. The van der Waals surface area contributed by atoms with Crippen LogP contribution in [-0.2, 0) is 0 Å². The van der Waals surface area contributed by atoms with Crippen molar-refractivity contribution >= 4 is 11.8 Å². The quantitative estimate of drug-likeness (QED) is 0.872. The molecule has 0 aromatic carbocycles. The first-order valence-electron chi connectivity index (χ1n) is 8.79. The van der Waals surface area contributed by atoms with Crippen LogP contribution in [0.25, 0.3) is 0 Å². The first-order chi connectivity index (χ1) is 11.2. The maximum atomic E-state index is 12.4. The third-order valence-electron chi connectivity index (χ3n) is 4.83. The van der Waals surface area contributed by atoms with Crippen LogP contribution in [0.2, 0.25) is 0 Å². The molecule has 1 aliphatic heterocycles. The van der Waals surface area contributed by atoms with Crippen LogP contribution in [0.5, 0.6) is 0 Å². The molecule has 1 saturated heterocycles. The van der Waals surface area contributed by atoms with Crippen LogP contribution in [0, 0.1) is 0 Å². The highest BCUT2D eigenvalue weighted by molar-refractivity contribution is 5.99. The van der Waals surface area contributed by atoms with Gasteiger partial charge in [-0.3, -0.25) is 14.6 Å². The molecule has 0 spiro atoms. The summed E-state index contributed by atoms with van der Waals surface area (Å²) in [6.07, 6.45) is 12.2. The van der Waals surface area contributed by atoms with Gasteiger partial charge in [-0.1, -0.05) is 25.7 Å². The lowest BCUT2D eigenvalue weighted by molar-refractivity contribution is 0.0792. The average molecular weight is 315 g/mol. The van der Waals surface area contributed by atoms with E-state index in [9.17, 15) is 9.59 Å². The fourth-order valence-corrected chi connectivity index (χ4v) is 3.48. The van der Waals surface area contributed by atoms with Crippen LogP contribution in [0.1, 0.15) is 72.1 Å². The zero-order valence-corrected chi connectivity index (χ0v) is 13.6. The van der Waals surface area contributed by atoms with E-state index in [1.165, 1.54) is 25.7 Å². The Morgan fingerprint density at radius 2 is 1.61 bits per heavy atom. The highest BCUT2D eigenvalue weighted by Crippen LogP contribution is 2.18. The van der Waals surface area contributed by atoms with Gasteiger partial charge in [0, 0.05) is 31.5 Å². The predicted octanol–water partition coefficient (Wildman–Crippen LogP) is 2.77.